The number of aromatic nitrogens is 1. The van der Waals surface area contributed by atoms with E-state index in [0.717, 1.165) is 12.3 Å². The van der Waals surface area contributed by atoms with Crippen LogP contribution in [0.5, 0.6) is 5.75 Å². The monoisotopic (exact) mass is 264 g/mol. The summed E-state index contributed by atoms with van der Waals surface area (Å²) >= 11 is 4.48. The Morgan fingerprint density at radius 3 is 2.71 bits per heavy atom. The molecule has 1 aromatic heterocycles. The summed E-state index contributed by atoms with van der Waals surface area (Å²) < 4.78 is 39.1. The number of rotatable bonds is 3. The van der Waals surface area contributed by atoms with Crippen molar-refractivity contribution in [3.05, 3.63) is 24.0 Å². The number of hydrazone groups is 1. The van der Waals surface area contributed by atoms with Gasteiger partial charge in [-0.25, -0.2) is 0 Å². The summed E-state index contributed by atoms with van der Waals surface area (Å²) in [6, 6.07) is 2.41. The van der Waals surface area contributed by atoms with Gasteiger partial charge in [-0.15, -0.1) is 13.2 Å². The zero-order valence-electron chi connectivity index (χ0n) is 8.23. The number of nitrogens with two attached hydrogens (primary N) is 1. The standard InChI is InChI=1S/C8H7F3N4OS/c9-8(10,11)16-6-2-1-5(13-4-6)3-14-15-7(12)17/h1-4H,(H3,12,15,17)/b14-3-. The Labute approximate surface area is 99.5 Å². The lowest BCUT2D eigenvalue weighted by Gasteiger charge is -2.07. The van der Waals surface area contributed by atoms with Gasteiger partial charge >= 0.3 is 6.36 Å². The molecule has 0 aliphatic rings. The molecule has 0 saturated heterocycles. The Bertz CT molecular complexity index is 418. The Hall–Kier alpha value is -1.90. The third kappa shape index (κ3) is 5.66. The van der Waals surface area contributed by atoms with Crippen molar-refractivity contribution in [3.63, 3.8) is 0 Å². The fourth-order valence-corrected chi connectivity index (χ4v) is 0.877. The Kier molecular flexibility index (Phi) is 4.21. The van der Waals surface area contributed by atoms with Crippen molar-refractivity contribution in [3.8, 4) is 5.75 Å². The van der Waals surface area contributed by atoms with Gasteiger partial charge in [0.2, 0.25) is 0 Å². The molecule has 0 amide bonds. The quantitative estimate of drug-likeness (QED) is 0.486. The molecule has 0 aliphatic carbocycles. The van der Waals surface area contributed by atoms with Crippen LogP contribution < -0.4 is 15.9 Å². The number of hydrogen-bond donors (Lipinski definition) is 2. The third-order valence-electron chi connectivity index (χ3n) is 1.36. The number of pyridine rings is 1. The number of thiocarbonyl (C=S) groups is 1. The van der Waals surface area contributed by atoms with E-state index in [2.05, 4.69) is 32.5 Å². The van der Waals surface area contributed by atoms with Gasteiger partial charge in [0.15, 0.2) is 5.11 Å². The maximum Gasteiger partial charge on any atom is 0.573 e. The lowest BCUT2D eigenvalue weighted by Crippen LogP contribution is -2.24. The highest BCUT2D eigenvalue weighted by Crippen LogP contribution is 2.21. The lowest BCUT2D eigenvalue weighted by molar-refractivity contribution is -0.274. The molecular weight excluding hydrogens is 257 g/mol. The number of halogens is 3. The summed E-state index contributed by atoms with van der Waals surface area (Å²) in [5.41, 5.74) is 7.69. The van der Waals surface area contributed by atoms with Crippen LogP contribution >= 0.6 is 12.2 Å². The average Bonchev–Trinajstić information content (AvgIpc) is 2.18. The molecular formula is C8H7F3N4OS. The van der Waals surface area contributed by atoms with Crippen LogP contribution in [-0.4, -0.2) is 22.7 Å². The number of alkyl halides is 3. The first kappa shape index (κ1) is 13.2. The zero-order valence-corrected chi connectivity index (χ0v) is 9.05. The molecule has 0 aromatic carbocycles. The molecule has 9 heteroatoms. The van der Waals surface area contributed by atoms with Gasteiger partial charge in [-0.1, -0.05) is 0 Å². The van der Waals surface area contributed by atoms with E-state index in [4.69, 9.17) is 5.73 Å². The number of hydrogen-bond acceptors (Lipinski definition) is 4. The van der Waals surface area contributed by atoms with Crippen LogP contribution in [0.15, 0.2) is 23.4 Å². The van der Waals surface area contributed by atoms with Crippen molar-refractivity contribution in [1.29, 1.82) is 0 Å². The van der Waals surface area contributed by atoms with Crippen LogP contribution in [0.4, 0.5) is 13.2 Å². The van der Waals surface area contributed by atoms with Crippen LogP contribution in [0.3, 0.4) is 0 Å². The van der Waals surface area contributed by atoms with Gasteiger partial charge in [0.1, 0.15) is 5.75 Å². The summed E-state index contributed by atoms with van der Waals surface area (Å²) in [5, 5.41) is 3.55. The molecule has 0 unspecified atom stereocenters. The first-order chi connectivity index (χ1) is 7.87. The lowest BCUT2D eigenvalue weighted by atomic mass is 10.3. The largest absolute Gasteiger partial charge is 0.573 e. The van der Waals surface area contributed by atoms with Gasteiger partial charge < -0.3 is 10.5 Å². The molecule has 17 heavy (non-hydrogen) atoms. The molecule has 1 heterocycles. The predicted octanol–water partition coefficient (Wildman–Crippen LogP) is 1.15. The molecule has 0 aliphatic heterocycles. The summed E-state index contributed by atoms with van der Waals surface area (Å²) in [4.78, 5) is 3.66. The highest BCUT2D eigenvalue weighted by Gasteiger charge is 2.31. The third-order valence-corrected chi connectivity index (χ3v) is 1.46. The van der Waals surface area contributed by atoms with E-state index < -0.39 is 12.1 Å². The van der Waals surface area contributed by atoms with E-state index in [1.54, 1.807) is 0 Å². The maximum absolute atomic E-state index is 11.8. The molecule has 0 atom stereocenters. The molecule has 0 fully saturated rings. The van der Waals surface area contributed by atoms with Gasteiger partial charge in [0.25, 0.3) is 0 Å². The second kappa shape index (κ2) is 5.43. The minimum atomic E-state index is -4.73. The smallest absolute Gasteiger partial charge is 0.404 e. The minimum Gasteiger partial charge on any atom is -0.404 e. The maximum atomic E-state index is 11.8. The second-order valence-corrected chi connectivity index (χ2v) is 3.14. The van der Waals surface area contributed by atoms with Crippen molar-refractivity contribution >= 4 is 23.5 Å². The van der Waals surface area contributed by atoms with Crippen molar-refractivity contribution in [1.82, 2.24) is 10.4 Å². The molecule has 0 bridgehead atoms. The van der Waals surface area contributed by atoms with E-state index in [-0.39, 0.29) is 5.11 Å². The highest BCUT2D eigenvalue weighted by atomic mass is 32.1. The van der Waals surface area contributed by atoms with Gasteiger partial charge in [0.05, 0.1) is 18.1 Å². The molecule has 0 saturated carbocycles. The van der Waals surface area contributed by atoms with E-state index in [1.807, 2.05) is 0 Å². The van der Waals surface area contributed by atoms with E-state index in [9.17, 15) is 13.2 Å². The van der Waals surface area contributed by atoms with Gasteiger partial charge in [-0.3, -0.25) is 10.4 Å². The predicted molar refractivity (Wildman–Crippen MR) is 58.4 cm³/mol. The Balaban J connectivity index is 2.62. The van der Waals surface area contributed by atoms with Crippen molar-refractivity contribution in [2.24, 2.45) is 10.8 Å². The molecule has 5 nitrogen and oxygen atoms in total. The van der Waals surface area contributed by atoms with Crippen LogP contribution in [0.25, 0.3) is 0 Å². The molecule has 0 radical (unpaired) electrons. The molecule has 0 spiro atoms. The first-order valence-corrected chi connectivity index (χ1v) is 4.58. The molecule has 3 N–H and O–H groups in total. The zero-order chi connectivity index (χ0) is 12.9. The van der Waals surface area contributed by atoms with E-state index in [1.165, 1.54) is 12.3 Å². The minimum absolute atomic E-state index is 0.0294. The number of nitrogens with zero attached hydrogens (tertiary/aromatic N) is 2. The summed E-state index contributed by atoms with van der Waals surface area (Å²) in [7, 11) is 0. The fraction of sp³-hybridized carbons (Fsp3) is 0.125. The average molecular weight is 264 g/mol. The summed E-state index contributed by atoms with van der Waals surface area (Å²) in [6.45, 7) is 0. The fourth-order valence-electron chi connectivity index (χ4n) is 0.824. The van der Waals surface area contributed by atoms with E-state index in [0.29, 0.717) is 5.69 Å². The van der Waals surface area contributed by atoms with Gasteiger partial charge in [0, 0.05) is 0 Å². The van der Waals surface area contributed by atoms with Crippen LogP contribution in [0, 0.1) is 0 Å². The highest BCUT2D eigenvalue weighted by molar-refractivity contribution is 7.80. The van der Waals surface area contributed by atoms with Crippen molar-refractivity contribution in [2.75, 3.05) is 0 Å². The van der Waals surface area contributed by atoms with Crippen molar-refractivity contribution in [2.45, 2.75) is 6.36 Å². The van der Waals surface area contributed by atoms with Gasteiger partial charge in [-0.2, -0.15) is 5.10 Å². The van der Waals surface area contributed by atoms with Crippen LogP contribution in [-0.2, 0) is 0 Å². The van der Waals surface area contributed by atoms with E-state index >= 15 is 0 Å². The van der Waals surface area contributed by atoms with Crippen LogP contribution in [0.2, 0.25) is 0 Å². The summed E-state index contributed by atoms with van der Waals surface area (Å²) in [5.74, 6) is -0.406. The normalized spacial score (nSPS) is 11.5. The summed E-state index contributed by atoms with van der Waals surface area (Å²) in [6.07, 6.45) is -2.56. The number of nitrogens with one attached hydrogen (secondary N) is 1. The molecule has 92 valence electrons. The van der Waals surface area contributed by atoms with Crippen LogP contribution in [0.1, 0.15) is 5.69 Å². The van der Waals surface area contributed by atoms with Gasteiger partial charge in [-0.05, 0) is 24.4 Å². The Morgan fingerprint density at radius 2 is 2.24 bits per heavy atom. The van der Waals surface area contributed by atoms with Crippen molar-refractivity contribution < 1.29 is 17.9 Å². The number of ether oxygens (including phenoxy) is 1. The topological polar surface area (TPSA) is 72.5 Å². The first-order valence-electron chi connectivity index (χ1n) is 4.17. The second-order valence-electron chi connectivity index (χ2n) is 2.70. The Morgan fingerprint density at radius 1 is 1.53 bits per heavy atom. The SMILES string of the molecule is NC(=S)N/N=C\c1ccc(OC(F)(F)F)cn1. The molecule has 1 rings (SSSR count). The molecule has 1 aromatic rings.